The first-order valence-corrected chi connectivity index (χ1v) is 6.41. The SMILES string of the molecule is Cc1c(CNc2ccc3cn[nH]c3c2)cc(C#N)n1C. The van der Waals surface area contributed by atoms with E-state index in [2.05, 4.69) is 21.6 Å². The molecule has 0 aliphatic heterocycles. The summed E-state index contributed by atoms with van der Waals surface area (Å²) in [5, 5.41) is 20.5. The number of aromatic amines is 1. The number of nitrogens with one attached hydrogen (secondary N) is 2. The molecule has 5 heteroatoms. The summed E-state index contributed by atoms with van der Waals surface area (Å²) in [7, 11) is 1.91. The average Bonchev–Trinajstić information content (AvgIpc) is 3.03. The van der Waals surface area contributed by atoms with Crippen molar-refractivity contribution in [3.63, 3.8) is 0 Å². The van der Waals surface area contributed by atoms with Crippen molar-refractivity contribution in [1.29, 1.82) is 5.26 Å². The first-order valence-electron chi connectivity index (χ1n) is 6.41. The van der Waals surface area contributed by atoms with Gasteiger partial charge in [-0.3, -0.25) is 5.10 Å². The third-order valence-corrected chi connectivity index (χ3v) is 3.68. The van der Waals surface area contributed by atoms with Gasteiger partial charge < -0.3 is 9.88 Å². The highest BCUT2D eigenvalue weighted by molar-refractivity contribution is 5.81. The molecular formula is C15H15N5. The van der Waals surface area contributed by atoms with E-state index in [4.69, 9.17) is 5.26 Å². The first-order chi connectivity index (χ1) is 9.69. The lowest BCUT2D eigenvalue weighted by atomic mass is 10.2. The maximum atomic E-state index is 9.03. The van der Waals surface area contributed by atoms with E-state index in [1.165, 1.54) is 0 Å². The van der Waals surface area contributed by atoms with Crippen molar-refractivity contribution in [2.24, 2.45) is 7.05 Å². The molecule has 0 saturated carbocycles. The van der Waals surface area contributed by atoms with E-state index >= 15 is 0 Å². The number of hydrogen-bond donors (Lipinski definition) is 2. The third-order valence-electron chi connectivity index (χ3n) is 3.68. The molecule has 2 aromatic heterocycles. The van der Waals surface area contributed by atoms with Crippen LogP contribution in [-0.2, 0) is 13.6 Å². The largest absolute Gasteiger partial charge is 0.381 e. The van der Waals surface area contributed by atoms with Crippen molar-refractivity contribution < 1.29 is 0 Å². The van der Waals surface area contributed by atoms with Crippen LogP contribution < -0.4 is 5.32 Å². The van der Waals surface area contributed by atoms with Crippen molar-refractivity contribution in [1.82, 2.24) is 14.8 Å². The van der Waals surface area contributed by atoms with Gasteiger partial charge in [-0.1, -0.05) is 0 Å². The van der Waals surface area contributed by atoms with Crippen LogP contribution in [0.2, 0.25) is 0 Å². The van der Waals surface area contributed by atoms with Gasteiger partial charge in [0.1, 0.15) is 11.8 Å². The maximum Gasteiger partial charge on any atom is 0.120 e. The van der Waals surface area contributed by atoms with Gasteiger partial charge in [0.2, 0.25) is 0 Å². The Balaban J connectivity index is 1.81. The molecule has 2 N–H and O–H groups in total. The molecule has 0 bridgehead atoms. The summed E-state index contributed by atoms with van der Waals surface area (Å²) in [6, 6.07) is 10.2. The summed E-state index contributed by atoms with van der Waals surface area (Å²) in [4.78, 5) is 0. The van der Waals surface area contributed by atoms with Gasteiger partial charge in [0.15, 0.2) is 0 Å². The van der Waals surface area contributed by atoms with Crippen LogP contribution in [0, 0.1) is 18.3 Å². The molecule has 5 nitrogen and oxygen atoms in total. The lowest BCUT2D eigenvalue weighted by Crippen LogP contribution is -2.01. The maximum absolute atomic E-state index is 9.03. The van der Waals surface area contributed by atoms with Crippen LogP contribution in [0.1, 0.15) is 17.0 Å². The Labute approximate surface area is 116 Å². The minimum Gasteiger partial charge on any atom is -0.381 e. The number of benzene rings is 1. The van der Waals surface area contributed by atoms with Crippen LogP contribution in [0.4, 0.5) is 5.69 Å². The minimum absolute atomic E-state index is 0.684. The second kappa shape index (κ2) is 4.74. The molecule has 3 rings (SSSR count). The predicted molar refractivity (Wildman–Crippen MR) is 78.3 cm³/mol. The smallest absolute Gasteiger partial charge is 0.120 e. The number of nitriles is 1. The van der Waals surface area contributed by atoms with E-state index < -0.39 is 0 Å². The first kappa shape index (κ1) is 12.3. The Hall–Kier alpha value is -2.74. The van der Waals surface area contributed by atoms with Gasteiger partial charge >= 0.3 is 0 Å². The number of hydrogen-bond acceptors (Lipinski definition) is 3. The molecule has 0 amide bonds. The number of fused-ring (bicyclic) bond motifs is 1. The topological polar surface area (TPSA) is 69.4 Å². The Kier molecular flexibility index (Phi) is 2.92. The standard InChI is InChI=1S/C15H15N5/c1-10-12(5-14(7-16)20(10)2)8-17-13-4-3-11-9-18-19-15(11)6-13/h3-6,9,17H,8H2,1-2H3,(H,18,19). The van der Waals surface area contributed by atoms with Gasteiger partial charge in [-0.2, -0.15) is 10.4 Å². The Bertz CT molecular complexity index is 803. The van der Waals surface area contributed by atoms with Crippen LogP contribution in [-0.4, -0.2) is 14.8 Å². The summed E-state index contributed by atoms with van der Waals surface area (Å²) in [5.41, 5.74) is 4.97. The van der Waals surface area contributed by atoms with E-state index in [0.29, 0.717) is 12.2 Å². The van der Waals surface area contributed by atoms with Crippen LogP contribution >= 0.6 is 0 Å². The van der Waals surface area contributed by atoms with Crippen molar-refractivity contribution in [2.45, 2.75) is 13.5 Å². The van der Waals surface area contributed by atoms with Gasteiger partial charge in [0.05, 0.1) is 11.7 Å². The lowest BCUT2D eigenvalue weighted by Gasteiger charge is -2.07. The van der Waals surface area contributed by atoms with Crippen molar-refractivity contribution in [3.8, 4) is 6.07 Å². The van der Waals surface area contributed by atoms with Crippen molar-refractivity contribution in [2.75, 3.05) is 5.32 Å². The quantitative estimate of drug-likeness (QED) is 0.765. The molecule has 0 aliphatic carbocycles. The Morgan fingerprint density at radius 2 is 2.25 bits per heavy atom. The molecule has 0 aliphatic rings. The molecule has 2 heterocycles. The molecular weight excluding hydrogens is 250 g/mol. The second-order valence-electron chi connectivity index (χ2n) is 4.84. The predicted octanol–water partition coefficient (Wildman–Crippen LogP) is 2.69. The highest BCUT2D eigenvalue weighted by Crippen LogP contribution is 2.19. The van der Waals surface area contributed by atoms with Gasteiger partial charge in [0.25, 0.3) is 0 Å². The lowest BCUT2D eigenvalue weighted by molar-refractivity contribution is 0.856. The van der Waals surface area contributed by atoms with Crippen molar-refractivity contribution >= 4 is 16.6 Å². The monoisotopic (exact) mass is 265 g/mol. The third kappa shape index (κ3) is 2.01. The molecule has 100 valence electrons. The molecule has 20 heavy (non-hydrogen) atoms. The summed E-state index contributed by atoms with van der Waals surface area (Å²) >= 11 is 0. The van der Waals surface area contributed by atoms with Gasteiger partial charge in [-0.15, -0.1) is 0 Å². The summed E-state index contributed by atoms with van der Waals surface area (Å²) in [6.45, 7) is 2.72. The second-order valence-corrected chi connectivity index (χ2v) is 4.84. The van der Waals surface area contributed by atoms with E-state index in [1.807, 2.05) is 42.8 Å². The van der Waals surface area contributed by atoms with Gasteiger partial charge in [-0.05, 0) is 36.8 Å². The summed E-state index contributed by atoms with van der Waals surface area (Å²) in [6.07, 6.45) is 1.81. The Morgan fingerprint density at radius 3 is 3.00 bits per heavy atom. The molecule has 1 aromatic carbocycles. The molecule has 0 unspecified atom stereocenters. The van der Waals surface area contributed by atoms with Gasteiger partial charge in [-0.25, -0.2) is 0 Å². The number of rotatable bonds is 3. The number of H-pyrrole nitrogens is 1. The average molecular weight is 265 g/mol. The van der Waals surface area contributed by atoms with Crippen LogP contribution in [0.5, 0.6) is 0 Å². The summed E-state index contributed by atoms with van der Waals surface area (Å²) in [5.74, 6) is 0. The van der Waals surface area contributed by atoms with Crippen LogP contribution in [0.3, 0.4) is 0 Å². The number of aromatic nitrogens is 3. The minimum atomic E-state index is 0.684. The molecule has 0 spiro atoms. The van der Waals surface area contributed by atoms with E-state index in [1.54, 1.807) is 6.20 Å². The van der Waals surface area contributed by atoms with E-state index in [9.17, 15) is 0 Å². The van der Waals surface area contributed by atoms with Gasteiger partial charge in [0, 0.05) is 30.4 Å². The number of anilines is 1. The fraction of sp³-hybridized carbons (Fsp3) is 0.200. The zero-order valence-corrected chi connectivity index (χ0v) is 11.4. The fourth-order valence-electron chi connectivity index (χ4n) is 2.29. The molecule has 3 aromatic rings. The molecule has 0 radical (unpaired) electrons. The van der Waals surface area contributed by atoms with Crippen LogP contribution in [0.25, 0.3) is 10.9 Å². The molecule has 0 saturated heterocycles. The molecule has 0 atom stereocenters. The Morgan fingerprint density at radius 1 is 1.40 bits per heavy atom. The summed E-state index contributed by atoms with van der Waals surface area (Å²) < 4.78 is 1.91. The number of nitrogens with zero attached hydrogens (tertiary/aromatic N) is 3. The zero-order valence-electron chi connectivity index (χ0n) is 11.4. The normalized spacial score (nSPS) is 10.7. The van der Waals surface area contributed by atoms with Crippen LogP contribution in [0.15, 0.2) is 30.5 Å². The highest BCUT2D eigenvalue weighted by atomic mass is 15.1. The van der Waals surface area contributed by atoms with Crippen molar-refractivity contribution in [3.05, 3.63) is 47.4 Å². The fourth-order valence-corrected chi connectivity index (χ4v) is 2.29. The highest BCUT2D eigenvalue weighted by Gasteiger charge is 2.08. The molecule has 0 fully saturated rings. The van der Waals surface area contributed by atoms with E-state index in [-0.39, 0.29) is 0 Å². The van der Waals surface area contributed by atoms with E-state index in [0.717, 1.165) is 27.8 Å². The zero-order chi connectivity index (χ0) is 14.1.